The SMILES string of the molecule is CC1(C)c2ccc(F)cc2NC2C3=C(c4ccccc4OC3)S(=O)CC21. The fourth-order valence-corrected chi connectivity index (χ4v) is 6.63. The normalized spacial score (nSPS) is 28.0. The zero-order chi connectivity index (χ0) is 18.1. The second-order valence-corrected chi connectivity index (χ2v) is 9.22. The number of benzene rings is 2. The summed E-state index contributed by atoms with van der Waals surface area (Å²) in [7, 11) is -1.08. The number of para-hydroxylation sites is 1. The number of hydrogen-bond acceptors (Lipinski definition) is 3. The molecule has 1 N–H and O–H groups in total. The molecule has 26 heavy (non-hydrogen) atoms. The van der Waals surface area contributed by atoms with E-state index in [9.17, 15) is 8.60 Å². The fourth-order valence-electron chi connectivity index (χ4n) is 4.64. The first-order chi connectivity index (χ1) is 12.5. The van der Waals surface area contributed by atoms with Crippen LogP contribution in [0.5, 0.6) is 5.75 Å². The topological polar surface area (TPSA) is 38.3 Å². The van der Waals surface area contributed by atoms with Crippen molar-refractivity contribution in [3.8, 4) is 5.75 Å². The highest BCUT2D eigenvalue weighted by Gasteiger charge is 2.49. The second-order valence-electron chi connectivity index (χ2n) is 7.79. The van der Waals surface area contributed by atoms with Crippen LogP contribution in [0.25, 0.3) is 4.91 Å². The van der Waals surface area contributed by atoms with Crippen LogP contribution in [0.2, 0.25) is 0 Å². The Hall–Kier alpha value is -2.14. The minimum atomic E-state index is -1.08. The molecule has 2 aromatic carbocycles. The lowest BCUT2D eigenvalue weighted by Crippen LogP contribution is -2.53. The Bertz CT molecular complexity index is 982. The molecule has 3 atom stereocenters. The van der Waals surface area contributed by atoms with E-state index < -0.39 is 10.8 Å². The average Bonchev–Trinajstić information content (AvgIpc) is 2.62. The first kappa shape index (κ1) is 16.1. The van der Waals surface area contributed by atoms with Crippen molar-refractivity contribution in [3.63, 3.8) is 0 Å². The van der Waals surface area contributed by atoms with Crippen LogP contribution in [0, 0.1) is 11.7 Å². The van der Waals surface area contributed by atoms with Gasteiger partial charge in [0.05, 0.1) is 21.7 Å². The summed E-state index contributed by atoms with van der Waals surface area (Å²) in [5.41, 5.74) is 3.67. The van der Waals surface area contributed by atoms with Gasteiger partial charge in [0, 0.05) is 28.5 Å². The van der Waals surface area contributed by atoms with Gasteiger partial charge in [-0.05, 0) is 29.2 Å². The van der Waals surface area contributed by atoms with Crippen molar-refractivity contribution in [3.05, 3.63) is 65.0 Å². The van der Waals surface area contributed by atoms with Crippen LogP contribution in [-0.2, 0) is 16.2 Å². The lowest BCUT2D eigenvalue weighted by atomic mass is 9.66. The molecule has 0 spiro atoms. The van der Waals surface area contributed by atoms with Crippen molar-refractivity contribution in [2.45, 2.75) is 25.3 Å². The van der Waals surface area contributed by atoms with E-state index in [4.69, 9.17) is 4.74 Å². The zero-order valence-electron chi connectivity index (χ0n) is 14.7. The monoisotopic (exact) mass is 369 g/mol. The van der Waals surface area contributed by atoms with Crippen LogP contribution in [-0.4, -0.2) is 22.6 Å². The molecule has 3 aliphatic heterocycles. The van der Waals surface area contributed by atoms with Crippen molar-refractivity contribution < 1.29 is 13.3 Å². The van der Waals surface area contributed by atoms with E-state index in [1.165, 1.54) is 6.07 Å². The number of halogens is 1. The molecule has 3 heterocycles. The lowest BCUT2D eigenvalue weighted by Gasteiger charge is -2.49. The lowest BCUT2D eigenvalue weighted by molar-refractivity contribution is 0.280. The van der Waals surface area contributed by atoms with E-state index in [-0.39, 0.29) is 23.2 Å². The average molecular weight is 369 g/mol. The predicted molar refractivity (Wildman–Crippen MR) is 102 cm³/mol. The molecular formula is C21H20FNO2S. The molecule has 0 aromatic heterocycles. The molecular weight excluding hydrogens is 349 g/mol. The highest BCUT2D eigenvalue weighted by atomic mass is 32.2. The number of nitrogens with one attached hydrogen (secondary N) is 1. The number of anilines is 1. The van der Waals surface area contributed by atoms with E-state index in [0.717, 1.165) is 33.0 Å². The van der Waals surface area contributed by atoms with Crippen molar-refractivity contribution in [2.75, 3.05) is 17.7 Å². The van der Waals surface area contributed by atoms with Crippen molar-refractivity contribution in [1.29, 1.82) is 0 Å². The van der Waals surface area contributed by atoms with Crippen molar-refractivity contribution in [2.24, 2.45) is 5.92 Å². The largest absolute Gasteiger partial charge is 0.488 e. The number of fused-ring (bicyclic) bond motifs is 5. The molecule has 0 radical (unpaired) electrons. The Kier molecular flexibility index (Phi) is 3.35. The molecule has 3 nitrogen and oxygen atoms in total. The van der Waals surface area contributed by atoms with Crippen LogP contribution in [0.1, 0.15) is 25.0 Å². The predicted octanol–water partition coefficient (Wildman–Crippen LogP) is 4.08. The van der Waals surface area contributed by atoms with E-state index in [1.807, 2.05) is 30.3 Å². The van der Waals surface area contributed by atoms with Crippen LogP contribution in [0.15, 0.2) is 48.0 Å². The smallest absolute Gasteiger partial charge is 0.128 e. The second kappa shape index (κ2) is 5.43. The zero-order valence-corrected chi connectivity index (χ0v) is 15.5. The van der Waals surface area contributed by atoms with E-state index in [0.29, 0.717) is 12.4 Å². The Labute approximate surface area is 154 Å². The van der Waals surface area contributed by atoms with E-state index >= 15 is 0 Å². The van der Waals surface area contributed by atoms with Crippen LogP contribution in [0.3, 0.4) is 0 Å². The first-order valence-corrected chi connectivity index (χ1v) is 10.2. The van der Waals surface area contributed by atoms with Gasteiger partial charge in [-0.2, -0.15) is 0 Å². The van der Waals surface area contributed by atoms with E-state index in [2.05, 4.69) is 19.2 Å². The molecule has 0 saturated carbocycles. The maximum Gasteiger partial charge on any atom is 0.128 e. The summed E-state index contributed by atoms with van der Waals surface area (Å²) in [4.78, 5) is 0.899. The molecule has 0 amide bonds. The highest BCUT2D eigenvalue weighted by molar-refractivity contribution is 7.94. The Morgan fingerprint density at radius 3 is 2.88 bits per heavy atom. The Morgan fingerprint density at radius 2 is 2.04 bits per heavy atom. The molecule has 0 bridgehead atoms. The summed E-state index contributed by atoms with van der Waals surface area (Å²) < 4.78 is 33.0. The third-order valence-corrected chi connectivity index (χ3v) is 7.66. The van der Waals surface area contributed by atoms with Gasteiger partial charge in [0.25, 0.3) is 0 Å². The third kappa shape index (κ3) is 2.13. The highest BCUT2D eigenvalue weighted by Crippen LogP contribution is 2.51. The van der Waals surface area contributed by atoms with Crippen molar-refractivity contribution in [1.82, 2.24) is 0 Å². The van der Waals surface area contributed by atoms with Gasteiger partial charge in [0.1, 0.15) is 18.2 Å². The van der Waals surface area contributed by atoms with Gasteiger partial charge >= 0.3 is 0 Å². The van der Waals surface area contributed by atoms with Crippen LogP contribution in [0.4, 0.5) is 10.1 Å². The van der Waals surface area contributed by atoms with Gasteiger partial charge in [-0.15, -0.1) is 0 Å². The standard InChI is InChI=1S/C21H20FNO2S/c1-21(2)15-8-7-12(22)9-17(15)23-19-14-10-25-18-6-4-3-5-13(18)20(14)26(24)11-16(19)21/h3-9,16,19,23H,10-11H2,1-2H3. The maximum absolute atomic E-state index is 13.8. The molecule has 2 aromatic rings. The first-order valence-electron chi connectivity index (χ1n) is 8.87. The summed E-state index contributed by atoms with van der Waals surface area (Å²) >= 11 is 0. The minimum Gasteiger partial charge on any atom is -0.488 e. The van der Waals surface area contributed by atoms with Gasteiger partial charge in [0.2, 0.25) is 0 Å². The summed E-state index contributed by atoms with van der Waals surface area (Å²) in [6.45, 7) is 4.76. The van der Waals surface area contributed by atoms with Gasteiger partial charge in [0.15, 0.2) is 0 Å². The van der Waals surface area contributed by atoms with E-state index in [1.54, 1.807) is 6.07 Å². The van der Waals surface area contributed by atoms with Crippen LogP contribution < -0.4 is 10.1 Å². The number of ether oxygens (including phenoxy) is 1. The Morgan fingerprint density at radius 1 is 1.23 bits per heavy atom. The number of hydrogen-bond donors (Lipinski definition) is 1. The molecule has 0 fully saturated rings. The van der Waals surface area contributed by atoms with Gasteiger partial charge in [-0.25, -0.2) is 4.39 Å². The summed E-state index contributed by atoms with van der Waals surface area (Å²) in [5, 5.41) is 3.53. The molecule has 0 aliphatic carbocycles. The van der Waals surface area contributed by atoms with Gasteiger partial charge in [-0.1, -0.05) is 38.1 Å². The number of rotatable bonds is 0. The molecule has 134 valence electrons. The maximum atomic E-state index is 13.8. The van der Waals surface area contributed by atoms with Crippen LogP contribution >= 0.6 is 0 Å². The molecule has 3 unspecified atom stereocenters. The summed E-state index contributed by atoms with van der Waals surface area (Å²) in [5.74, 6) is 1.30. The van der Waals surface area contributed by atoms with Gasteiger partial charge < -0.3 is 10.1 Å². The molecule has 0 saturated heterocycles. The third-order valence-electron chi connectivity index (χ3n) is 6.06. The van der Waals surface area contributed by atoms with Crippen molar-refractivity contribution >= 4 is 21.4 Å². The minimum absolute atomic E-state index is 0.000330. The Balaban J connectivity index is 1.70. The molecule has 3 aliphatic rings. The molecule has 5 heteroatoms. The molecule has 5 rings (SSSR count). The fraction of sp³-hybridized carbons (Fsp3) is 0.333. The quantitative estimate of drug-likeness (QED) is 0.760. The summed E-state index contributed by atoms with van der Waals surface area (Å²) in [6, 6.07) is 12.7. The summed E-state index contributed by atoms with van der Waals surface area (Å²) in [6.07, 6.45) is 0. The van der Waals surface area contributed by atoms with Gasteiger partial charge in [-0.3, -0.25) is 4.21 Å².